The van der Waals surface area contributed by atoms with Crippen molar-refractivity contribution in [2.75, 3.05) is 6.54 Å². The molecule has 1 unspecified atom stereocenters. The number of halogens is 2. The minimum Gasteiger partial charge on any atom is -0.312 e. The van der Waals surface area contributed by atoms with Crippen LogP contribution in [-0.2, 0) is 6.54 Å². The summed E-state index contributed by atoms with van der Waals surface area (Å²) >= 11 is 3.43. The molecule has 1 aromatic carbocycles. The van der Waals surface area contributed by atoms with Gasteiger partial charge in [0.1, 0.15) is 5.82 Å². The third-order valence-electron chi connectivity index (χ3n) is 3.43. The minimum atomic E-state index is -0.174. The van der Waals surface area contributed by atoms with Gasteiger partial charge in [0.15, 0.2) is 0 Å². The summed E-state index contributed by atoms with van der Waals surface area (Å²) in [5, 5.41) is 3.39. The van der Waals surface area contributed by atoms with Crippen molar-refractivity contribution in [3.8, 4) is 0 Å². The summed E-state index contributed by atoms with van der Waals surface area (Å²) in [6.45, 7) is 6.33. The molecule has 1 fully saturated rings. The second-order valence-corrected chi connectivity index (χ2v) is 6.11. The highest BCUT2D eigenvalue weighted by Gasteiger charge is 2.44. The average molecular weight is 286 g/mol. The van der Waals surface area contributed by atoms with E-state index >= 15 is 0 Å². The van der Waals surface area contributed by atoms with Crippen molar-refractivity contribution in [1.29, 1.82) is 0 Å². The zero-order valence-electron chi connectivity index (χ0n) is 9.69. The van der Waals surface area contributed by atoms with E-state index in [1.54, 1.807) is 12.1 Å². The summed E-state index contributed by atoms with van der Waals surface area (Å²) in [6.07, 6.45) is 1.30. The van der Waals surface area contributed by atoms with E-state index in [0.29, 0.717) is 5.41 Å². The van der Waals surface area contributed by atoms with Gasteiger partial charge >= 0.3 is 0 Å². The van der Waals surface area contributed by atoms with Crippen LogP contribution in [-0.4, -0.2) is 6.54 Å². The maximum atomic E-state index is 13.0. The second-order valence-electron chi connectivity index (χ2n) is 5.26. The SMILES string of the molecule is CC1(C)CC1CNCc1cc(F)ccc1Br. The molecule has 0 heterocycles. The van der Waals surface area contributed by atoms with E-state index in [1.165, 1.54) is 12.5 Å². The zero-order chi connectivity index (χ0) is 11.8. The Balaban J connectivity index is 1.83. The second kappa shape index (κ2) is 4.46. The molecule has 1 aromatic rings. The highest BCUT2D eigenvalue weighted by atomic mass is 79.9. The lowest BCUT2D eigenvalue weighted by atomic mass is 10.1. The van der Waals surface area contributed by atoms with Gasteiger partial charge in [-0.2, -0.15) is 0 Å². The molecule has 1 saturated carbocycles. The molecule has 2 rings (SSSR count). The quantitative estimate of drug-likeness (QED) is 0.889. The Kier molecular flexibility index (Phi) is 3.36. The molecule has 16 heavy (non-hydrogen) atoms. The van der Waals surface area contributed by atoms with Crippen LogP contribution in [0.1, 0.15) is 25.8 Å². The first-order valence-electron chi connectivity index (χ1n) is 5.64. The lowest BCUT2D eigenvalue weighted by Gasteiger charge is -2.08. The molecule has 0 aromatic heterocycles. The third-order valence-corrected chi connectivity index (χ3v) is 4.21. The Morgan fingerprint density at radius 3 is 2.81 bits per heavy atom. The molecule has 0 amide bonds. The van der Waals surface area contributed by atoms with Gasteiger partial charge < -0.3 is 5.32 Å². The maximum absolute atomic E-state index is 13.0. The number of nitrogens with one attached hydrogen (secondary N) is 1. The first-order chi connectivity index (χ1) is 7.49. The van der Waals surface area contributed by atoms with Gasteiger partial charge in [0.2, 0.25) is 0 Å². The van der Waals surface area contributed by atoms with Gasteiger partial charge in [-0.05, 0) is 48.1 Å². The van der Waals surface area contributed by atoms with E-state index in [4.69, 9.17) is 0 Å². The van der Waals surface area contributed by atoms with Crippen LogP contribution in [0.4, 0.5) is 4.39 Å². The van der Waals surface area contributed by atoms with Gasteiger partial charge in [0.05, 0.1) is 0 Å². The maximum Gasteiger partial charge on any atom is 0.123 e. The molecule has 3 heteroatoms. The van der Waals surface area contributed by atoms with Crippen LogP contribution in [0.2, 0.25) is 0 Å². The molecule has 0 aliphatic heterocycles. The van der Waals surface area contributed by atoms with Crippen molar-refractivity contribution < 1.29 is 4.39 Å². The Hall–Kier alpha value is -0.410. The predicted molar refractivity (Wildman–Crippen MR) is 67.7 cm³/mol. The van der Waals surface area contributed by atoms with E-state index in [-0.39, 0.29) is 5.82 Å². The zero-order valence-corrected chi connectivity index (χ0v) is 11.3. The number of benzene rings is 1. The molecule has 1 atom stereocenters. The van der Waals surface area contributed by atoms with Crippen molar-refractivity contribution in [3.63, 3.8) is 0 Å². The molecule has 88 valence electrons. The number of rotatable bonds is 4. The van der Waals surface area contributed by atoms with Crippen LogP contribution >= 0.6 is 15.9 Å². The van der Waals surface area contributed by atoms with E-state index in [1.807, 2.05) is 0 Å². The van der Waals surface area contributed by atoms with Gasteiger partial charge in [-0.3, -0.25) is 0 Å². The first kappa shape index (κ1) is 12.1. The van der Waals surface area contributed by atoms with E-state index in [2.05, 4.69) is 35.1 Å². The molecule has 1 aliphatic carbocycles. The lowest BCUT2D eigenvalue weighted by molar-refractivity contribution is 0.518. The van der Waals surface area contributed by atoms with Crippen molar-refractivity contribution in [2.24, 2.45) is 11.3 Å². The van der Waals surface area contributed by atoms with Crippen molar-refractivity contribution in [3.05, 3.63) is 34.1 Å². The molecule has 1 aliphatic rings. The average Bonchev–Trinajstić information content (AvgIpc) is 2.80. The minimum absolute atomic E-state index is 0.174. The predicted octanol–water partition coefficient (Wildman–Crippen LogP) is 3.72. The lowest BCUT2D eigenvalue weighted by Crippen LogP contribution is -2.18. The standard InChI is InChI=1S/C13H17BrFN/c1-13(2)6-10(13)8-16-7-9-5-11(15)3-4-12(9)14/h3-5,10,16H,6-8H2,1-2H3. The first-order valence-corrected chi connectivity index (χ1v) is 6.43. The van der Waals surface area contributed by atoms with Gasteiger partial charge in [-0.15, -0.1) is 0 Å². The van der Waals surface area contributed by atoms with Crippen LogP contribution in [0.25, 0.3) is 0 Å². The Bertz CT molecular complexity index is 390. The van der Waals surface area contributed by atoms with E-state index in [0.717, 1.165) is 29.0 Å². The fourth-order valence-corrected chi connectivity index (χ4v) is 2.37. The molecule has 0 spiro atoms. The normalized spacial score (nSPS) is 22.1. The molecule has 0 saturated heterocycles. The fraction of sp³-hybridized carbons (Fsp3) is 0.538. The Morgan fingerprint density at radius 1 is 1.50 bits per heavy atom. The summed E-state index contributed by atoms with van der Waals surface area (Å²) in [4.78, 5) is 0. The van der Waals surface area contributed by atoms with E-state index in [9.17, 15) is 4.39 Å². The van der Waals surface area contributed by atoms with Crippen LogP contribution in [0.3, 0.4) is 0 Å². The van der Waals surface area contributed by atoms with Crippen molar-refractivity contribution in [2.45, 2.75) is 26.8 Å². The monoisotopic (exact) mass is 285 g/mol. The van der Waals surface area contributed by atoms with Gasteiger partial charge in [0, 0.05) is 11.0 Å². The third kappa shape index (κ3) is 2.83. The number of hydrogen-bond donors (Lipinski definition) is 1. The highest BCUT2D eigenvalue weighted by Crippen LogP contribution is 2.50. The molecule has 0 radical (unpaired) electrons. The Labute approximate surface area is 105 Å². The summed E-state index contributed by atoms with van der Waals surface area (Å²) in [6, 6.07) is 4.81. The van der Waals surface area contributed by atoms with Crippen LogP contribution in [0.15, 0.2) is 22.7 Å². The van der Waals surface area contributed by atoms with Crippen LogP contribution in [0.5, 0.6) is 0 Å². The molecule has 1 nitrogen and oxygen atoms in total. The molecular formula is C13H17BrFN. The van der Waals surface area contributed by atoms with Gasteiger partial charge in [-0.25, -0.2) is 4.39 Å². The molecular weight excluding hydrogens is 269 g/mol. The summed E-state index contributed by atoms with van der Waals surface area (Å²) in [5.41, 5.74) is 1.49. The largest absolute Gasteiger partial charge is 0.312 e. The van der Waals surface area contributed by atoms with Crippen LogP contribution in [0, 0.1) is 17.2 Å². The topological polar surface area (TPSA) is 12.0 Å². The van der Waals surface area contributed by atoms with Crippen LogP contribution < -0.4 is 5.32 Å². The molecule has 0 bridgehead atoms. The van der Waals surface area contributed by atoms with Gasteiger partial charge in [-0.1, -0.05) is 29.8 Å². The highest BCUT2D eigenvalue weighted by molar-refractivity contribution is 9.10. The molecule has 1 N–H and O–H groups in total. The summed E-state index contributed by atoms with van der Waals surface area (Å²) in [5.74, 6) is 0.603. The number of hydrogen-bond acceptors (Lipinski definition) is 1. The van der Waals surface area contributed by atoms with Gasteiger partial charge in [0.25, 0.3) is 0 Å². The Morgan fingerprint density at radius 2 is 2.19 bits per heavy atom. The van der Waals surface area contributed by atoms with Crippen molar-refractivity contribution in [1.82, 2.24) is 5.32 Å². The summed E-state index contributed by atoms with van der Waals surface area (Å²) < 4.78 is 14.0. The fourth-order valence-electron chi connectivity index (χ4n) is 1.98. The van der Waals surface area contributed by atoms with E-state index < -0.39 is 0 Å². The van der Waals surface area contributed by atoms with Crippen molar-refractivity contribution >= 4 is 15.9 Å². The summed E-state index contributed by atoms with van der Waals surface area (Å²) in [7, 11) is 0. The smallest absolute Gasteiger partial charge is 0.123 e.